The number of alkyl halides is 3. The lowest BCUT2D eigenvalue weighted by Gasteiger charge is -2.21. The summed E-state index contributed by atoms with van der Waals surface area (Å²) >= 11 is 0. The highest BCUT2D eigenvalue weighted by molar-refractivity contribution is 5.87. The molecule has 0 aliphatic carbocycles. The van der Waals surface area contributed by atoms with E-state index in [-0.39, 0.29) is 12.2 Å². The summed E-state index contributed by atoms with van der Waals surface area (Å²) in [6, 6.07) is 3.92. The molecule has 22 heavy (non-hydrogen) atoms. The lowest BCUT2D eigenvalue weighted by Crippen LogP contribution is -2.47. The summed E-state index contributed by atoms with van der Waals surface area (Å²) in [5.41, 5.74) is 5.82. The summed E-state index contributed by atoms with van der Waals surface area (Å²) in [5.74, 6) is -0.942. The molecule has 0 spiro atoms. The molecule has 0 saturated carbocycles. The van der Waals surface area contributed by atoms with Crippen LogP contribution in [0.15, 0.2) is 24.4 Å². The average molecular weight is 316 g/mol. The number of aromatic amines is 1. The Morgan fingerprint density at radius 2 is 2.05 bits per heavy atom. The van der Waals surface area contributed by atoms with Gasteiger partial charge < -0.3 is 20.2 Å². The Kier molecular flexibility index (Phi) is 4.06. The Hall–Kier alpha value is -2.22. The van der Waals surface area contributed by atoms with Crippen molar-refractivity contribution in [2.75, 3.05) is 7.11 Å². The Labute approximate surface area is 124 Å². The summed E-state index contributed by atoms with van der Waals surface area (Å²) in [6.07, 6.45) is -3.07. The van der Waals surface area contributed by atoms with Crippen LogP contribution in [0, 0.1) is 0 Å². The van der Waals surface area contributed by atoms with Gasteiger partial charge in [0, 0.05) is 23.5 Å². The molecule has 1 aromatic heterocycles. The van der Waals surface area contributed by atoms with Gasteiger partial charge in [0.1, 0.15) is 11.3 Å². The first-order chi connectivity index (χ1) is 10.1. The molecule has 0 amide bonds. The molecule has 5 nitrogen and oxygen atoms in total. The van der Waals surface area contributed by atoms with Crippen molar-refractivity contribution in [3.8, 4) is 5.75 Å². The number of benzene rings is 1. The smallest absolute Gasteiger partial charge is 0.468 e. The highest BCUT2D eigenvalue weighted by Gasteiger charge is 2.32. The normalized spacial score (nSPS) is 14.6. The summed E-state index contributed by atoms with van der Waals surface area (Å²) < 4.78 is 45.4. The van der Waals surface area contributed by atoms with E-state index in [1.165, 1.54) is 32.2 Å². The number of nitrogens with two attached hydrogens (primary N) is 1. The van der Waals surface area contributed by atoms with Gasteiger partial charge in [-0.3, -0.25) is 4.79 Å². The van der Waals surface area contributed by atoms with Crippen molar-refractivity contribution in [3.05, 3.63) is 30.0 Å². The van der Waals surface area contributed by atoms with Gasteiger partial charge in [-0.25, -0.2) is 0 Å². The monoisotopic (exact) mass is 316 g/mol. The van der Waals surface area contributed by atoms with Crippen molar-refractivity contribution in [1.29, 1.82) is 0 Å². The van der Waals surface area contributed by atoms with Crippen molar-refractivity contribution in [3.63, 3.8) is 0 Å². The molecule has 0 saturated heterocycles. The number of halogens is 3. The molecule has 1 aromatic carbocycles. The van der Waals surface area contributed by atoms with E-state index < -0.39 is 17.9 Å². The fraction of sp³-hybridized carbons (Fsp3) is 0.357. The van der Waals surface area contributed by atoms with Gasteiger partial charge in [-0.2, -0.15) is 0 Å². The fourth-order valence-corrected chi connectivity index (χ4v) is 2.20. The van der Waals surface area contributed by atoms with E-state index in [9.17, 15) is 18.0 Å². The predicted octanol–water partition coefficient (Wildman–Crippen LogP) is 2.50. The standard InChI is InChI=1S/C14H15F3N2O3/c1-13(18,12(20)21-2)6-8-7-19-11-4-3-9(5-10(8)11)22-14(15,16)17/h3-5,7,19H,6,18H2,1-2H3/t13-/m0/s1. The van der Waals surface area contributed by atoms with Gasteiger partial charge >= 0.3 is 12.3 Å². The summed E-state index contributed by atoms with van der Waals surface area (Å²) in [5, 5.41) is 0.502. The molecule has 0 bridgehead atoms. The molecule has 120 valence electrons. The summed E-state index contributed by atoms with van der Waals surface area (Å²) in [7, 11) is 1.22. The van der Waals surface area contributed by atoms with E-state index >= 15 is 0 Å². The highest BCUT2D eigenvalue weighted by atomic mass is 19.4. The molecule has 2 rings (SSSR count). The van der Waals surface area contributed by atoms with Crippen LogP contribution in [-0.4, -0.2) is 30.0 Å². The summed E-state index contributed by atoms with van der Waals surface area (Å²) in [4.78, 5) is 14.5. The lowest BCUT2D eigenvalue weighted by molar-refractivity contribution is -0.274. The molecular formula is C14H15F3N2O3. The minimum atomic E-state index is -4.77. The van der Waals surface area contributed by atoms with E-state index in [1.807, 2.05) is 0 Å². The van der Waals surface area contributed by atoms with Crippen molar-refractivity contribution >= 4 is 16.9 Å². The molecule has 1 heterocycles. The molecule has 2 aromatic rings. The zero-order valence-corrected chi connectivity index (χ0v) is 12.0. The lowest BCUT2D eigenvalue weighted by atomic mass is 9.94. The number of H-pyrrole nitrogens is 1. The highest BCUT2D eigenvalue weighted by Crippen LogP contribution is 2.29. The zero-order chi connectivity index (χ0) is 16.5. The number of rotatable bonds is 4. The minimum absolute atomic E-state index is 0.106. The van der Waals surface area contributed by atoms with Crippen LogP contribution in [0.1, 0.15) is 12.5 Å². The molecule has 1 atom stereocenters. The van der Waals surface area contributed by atoms with Gasteiger partial charge in [0.05, 0.1) is 7.11 Å². The van der Waals surface area contributed by atoms with E-state index in [2.05, 4.69) is 14.5 Å². The van der Waals surface area contributed by atoms with Crippen LogP contribution >= 0.6 is 0 Å². The first-order valence-electron chi connectivity index (χ1n) is 6.35. The van der Waals surface area contributed by atoms with Crippen LogP contribution in [0.25, 0.3) is 10.9 Å². The Bertz CT molecular complexity index is 692. The average Bonchev–Trinajstić information content (AvgIpc) is 2.78. The van der Waals surface area contributed by atoms with Crippen molar-refractivity contribution in [2.24, 2.45) is 5.73 Å². The van der Waals surface area contributed by atoms with E-state index in [1.54, 1.807) is 6.20 Å². The maximum atomic E-state index is 12.3. The number of carbonyl (C=O) groups is 1. The van der Waals surface area contributed by atoms with Crippen molar-refractivity contribution in [1.82, 2.24) is 4.98 Å². The Morgan fingerprint density at radius 3 is 2.64 bits per heavy atom. The Morgan fingerprint density at radius 1 is 1.36 bits per heavy atom. The van der Waals surface area contributed by atoms with Crippen LogP contribution in [0.4, 0.5) is 13.2 Å². The van der Waals surface area contributed by atoms with Gasteiger partial charge in [-0.1, -0.05) is 0 Å². The van der Waals surface area contributed by atoms with E-state index in [0.717, 1.165) is 0 Å². The number of fused-ring (bicyclic) bond motifs is 1. The third kappa shape index (κ3) is 3.51. The number of aromatic nitrogens is 1. The van der Waals surface area contributed by atoms with Crippen LogP contribution in [0.3, 0.4) is 0 Å². The van der Waals surface area contributed by atoms with Gasteiger partial charge in [0.15, 0.2) is 0 Å². The Balaban J connectivity index is 2.35. The molecule has 0 aliphatic rings. The van der Waals surface area contributed by atoms with Crippen LogP contribution in [0.5, 0.6) is 5.75 Å². The predicted molar refractivity (Wildman–Crippen MR) is 73.3 cm³/mol. The van der Waals surface area contributed by atoms with E-state index in [0.29, 0.717) is 16.5 Å². The molecule has 0 unspecified atom stereocenters. The quantitative estimate of drug-likeness (QED) is 0.850. The van der Waals surface area contributed by atoms with Crippen LogP contribution in [0.2, 0.25) is 0 Å². The molecule has 0 radical (unpaired) electrons. The number of nitrogens with one attached hydrogen (secondary N) is 1. The fourth-order valence-electron chi connectivity index (χ4n) is 2.20. The van der Waals surface area contributed by atoms with Crippen molar-refractivity contribution < 1.29 is 27.4 Å². The van der Waals surface area contributed by atoms with Crippen molar-refractivity contribution in [2.45, 2.75) is 25.2 Å². The maximum absolute atomic E-state index is 12.3. The molecule has 0 aliphatic heterocycles. The van der Waals surface area contributed by atoms with E-state index in [4.69, 9.17) is 5.73 Å². The zero-order valence-electron chi connectivity index (χ0n) is 12.0. The molecule has 3 N–H and O–H groups in total. The number of methoxy groups -OCH3 is 1. The van der Waals surface area contributed by atoms with Crippen LogP contribution in [-0.2, 0) is 16.0 Å². The van der Waals surface area contributed by atoms with Gasteiger partial charge in [-0.15, -0.1) is 13.2 Å². The number of hydrogen-bond donors (Lipinski definition) is 2. The SMILES string of the molecule is COC(=O)[C@@](C)(N)Cc1c[nH]c2ccc(OC(F)(F)F)cc12. The first kappa shape index (κ1) is 16.2. The number of hydrogen-bond acceptors (Lipinski definition) is 4. The topological polar surface area (TPSA) is 77.3 Å². The van der Waals surface area contributed by atoms with Crippen LogP contribution < -0.4 is 10.5 Å². The molecular weight excluding hydrogens is 301 g/mol. The summed E-state index contributed by atoms with van der Waals surface area (Å²) in [6.45, 7) is 1.49. The minimum Gasteiger partial charge on any atom is -0.468 e. The number of ether oxygens (including phenoxy) is 2. The number of esters is 1. The largest absolute Gasteiger partial charge is 0.573 e. The second-order valence-electron chi connectivity index (χ2n) is 5.15. The third-order valence-electron chi connectivity index (χ3n) is 3.18. The second-order valence-corrected chi connectivity index (χ2v) is 5.15. The van der Waals surface area contributed by atoms with Gasteiger partial charge in [0.2, 0.25) is 0 Å². The molecule has 8 heteroatoms. The number of carbonyl (C=O) groups excluding carboxylic acids is 1. The molecule has 0 fully saturated rings. The second kappa shape index (κ2) is 5.53. The van der Waals surface area contributed by atoms with Gasteiger partial charge in [0.25, 0.3) is 0 Å². The third-order valence-corrected chi connectivity index (χ3v) is 3.18. The maximum Gasteiger partial charge on any atom is 0.573 e. The first-order valence-corrected chi connectivity index (χ1v) is 6.35. The van der Waals surface area contributed by atoms with Gasteiger partial charge in [-0.05, 0) is 30.7 Å².